The average molecular weight is 303 g/mol. The van der Waals surface area contributed by atoms with E-state index in [1.807, 2.05) is 0 Å². The Hall–Kier alpha value is -1.76. The molecule has 17 heavy (non-hydrogen) atoms. The fourth-order valence-electron chi connectivity index (χ4n) is 1.17. The summed E-state index contributed by atoms with van der Waals surface area (Å²) >= 11 is 2.93. The van der Waals surface area contributed by atoms with Crippen molar-refractivity contribution >= 4 is 27.5 Å². The van der Waals surface area contributed by atoms with Crippen LogP contribution in [-0.4, -0.2) is 11.1 Å². The maximum atomic E-state index is 13.4. The predicted octanol–water partition coefficient (Wildman–Crippen LogP) is 2.97. The van der Waals surface area contributed by atoms with Crippen LogP contribution in [0.4, 0.5) is 14.5 Å². The van der Waals surface area contributed by atoms with Crippen LogP contribution in [-0.2, 0) is 0 Å². The summed E-state index contributed by atoms with van der Waals surface area (Å²) in [5.74, 6) is -2.68. The highest BCUT2D eigenvalue weighted by Crippen LogP contribution is 2.24. The first-order valence-electron chi connectivity index (χ1n) is 4.44. The van der Waals surface area contributed by atoms with Gasteiger partial charge in [0.2, 0.25) is 5.76 Å². The van der Waals surface area contributed by atoms with Crippen molar-refractivity contribution in [1.82, 2.24) is 5.16 Å². The Morgan fingerprint density at radius 1 is 1.35 bits per heavy atom. The number of benzene rings is 1. The van der Waals surface area contributed by atoms with Crippen molar-refractivity contribution in [3.05, 3.63) is 46.3 Å². The number of hydrogen-bond acceptors (Lipinski definition) is 3. The molecule has 1 aromatic heterocycles. The molecule has 1 heterocycles. The van der Waals surface area contributed by atoms with E-state index >= 15 is 0 Å². The van der Waals surface area contributed by atoms with Crippen LogP contribution >= 0.6 is 15.9 Å². The summed E-state index contributed by atoms with van der Waals surface area (Å²) in [6, 6.07) is 3.36. The number of amides is 1. The summed E-state index contributed by atoms with van der Waals surface area (Å²) in [5, 5.41) is 5.38. The highest BCUT2D eigenvalue weighted by Gasteiger charge is 2.16. The summed E-state index contributed by atoms with van der Waals surface area (Å²) in [6.07, 6.45) is 1.25. The van der Waals surface area contributed by atoms with Gasteiger partial charge in [-0.2, -0.15) is 0 Å². The quantitative estimate of drug-likeness (QED) is 0.928. The van der Waals surface area contributed by atoms with E-state index in [0.29, 0.717) is 0 Å². The van der Waals surface area contributed by atoms with Crippen molar-refractivity contribution < 1.29 is 18.1 Å². The Bertz CT molecular complexity index is 534. The van der Waals surface area contributed by atoms with Gasteiger partial charge >= 0.3 is 0 Å². The van der Waals surface area contributed by atoms with Gasteiger partial charge in [-0.1, -0.05) is 21.1 Å². The third kappa shape index (κ3) is 2.50. The number of nitrogens with zero attached hydrogens (tertiary/aromatic N) is 1. The standard InChI is InChI=1S/C10H5BrF2N2O2/c11-5-3-6(12)9(7(13)4-5)15-10(16)8-1-2-14-17-8/h1-4H,(H,15,16). The molecule has 0 saturated carbocycles. The summed E-state index contributed by atoms with van der Waals surface area (Å²) in [7, 11) is 0. The van der Waals surface area contributed by atoms with Crippen LogP contribution in [0.2, 0.25) is 0 Å². The summed E-state index contributed by atoms with van der Waals surface area (Å²) in [5.41, 5.74) is -0.533. The van der Waals surface area contributed by atoms with Gasteiger partial charge in [0.25, 0.3) is 5.91 Å². The predicted molar refractivity (Wildman–Crippen MR) is 58.5 cm³/mol. The topological polar surface area (TPSA) is 55.1 Å². The Labute approximate surface area is 103 Å². The maximum Gasteiger partial charge on any atom is 0.294 e. The molecule has 0 aliphatic heterocycles. The molecule has 0 aliphatic carbocycles. The zero-order valence-electron chi connectivity index (χ0n) is 8.21. The minimum Gasteiger partial charge on any atom is -0.351 e. The average Bonchev–Trinajstić information content (AvgIpc) is 2.76. The second-order valence-corrected chi connectivity index (χ2v) is 3.99. The largest absolute Gasteiger partial charge is 0.351 e. The number of halogens is 3. The summed E-state index contributed by atoms with van der Waals surface area (Å²) in [6.45, 7) is 0. The van der Waals surface area contributed by atoms with Crippen LogP contribution < -0.4 is 5.32 Å². The van der Waals surface area contributed by atoms with Crippen molar-refractivity contribution in [2.45, 2.75) is 0 Å². The van der Waals surface area contributed by atoms with Gasteiger partial charge in [-0.3, -0.25) is 4.79 Å². The monoisotopic (exact) mass is 302 g/mol. The van der Waals surface area contributed by atoms with Gasteiger partial charge in [-0.05, 0) is 12.1 Å². The van der Waals surface area contributed by atoms with Gasteiger partial charge < -0.3 is 9.84 Å². The van der Waals surface area contributed by atoms with Crippen molar-refractivity contribution in [2.75, 3.05) is 5.32 Å². The molecule has 0 radical (unpaired) electrons. The Morgan fingerprint density at radius 3 is 2.53 bits per heavy atom. The first-order chi connectivity index (χ1) is 8.08. The van der Waals surface area contributed by atoms with E-state index in [-0.39, 0.29) is 10.2 Å². The number of anilines is 1. The van der Waals surface area contributed by atoms with Gasteiger partial charge in [-0.15, -0.1) is 0 Å². The zero-order valence-corrected chi connectivity index (χ0v) is 9.79. The molecular weight excluding hydrogens is 298 g/mol. The number of rotatable bonds is 2. The molecule has 0 spiro atoms. The van der Waals surface area contributed by atoms with E-state index in [1.54, 1.807) is 0 Å². The first-order valence-corrected chi connectivity index (χ1v) is 5.24. The Balaban J connectivity index is 2.28. The maximum absolute atomic E-state index is 13.4. The van der Waals surface area contributed by atoms with E-state index < -0.39 is 23.2 Å². The number of aromatic nitrogens is 1. The molecule has 88 valence electrons. The molecular formula is C10H5BrF2N2O2. The molecule has 4 nitrogen and oxygen atoms in total. The molecule has 0 atom stereocenters. The third-order valence-electron chi connectivity index (χ3n) is 1.91. The van der Waals surface area contributed by atoms with Crippen molar-refractivity contribution in [2.24, 2.45) is 0 Å². The fraction of sp³-hybridized carbons (Fsp3) is 0. The number of carbonyl (C=O) groups is 1. The number of carbonyl (C=O) groups excluding carboxylic acids is 1. The van der Waals surface area contributed by atoms with Gasteiger partial charge in [0, 0.05) is 10.5 Å². The SMILES string of the molecule is O=C(Nc1c(F)cc(Br)cc1F)c1ccno1. The minimum absolute atomic E-state index is 0.133. The van der Waals surface area contributed by atoms with Gasteiger partial charge in [0.15, 0.2) is 11.6 Å². The molecule has 0 fully saturated rings. The lowest BCUT2D eigenvalue weighted by atomic mass is 10.3. The zero-order chi connectivity index (χ0) is 12.4. The van der Waals surface area contributed by atoms with Crippen LogP contribution in [0.25, 0.3) is 0 Å². The van der Waals surface area contributed by atoms with Crippen LogP contribution in [0.3, 0.4) is 0 Å². The molecule has 0 aliphatic rings. The van der Waals surface area contributed by atoms with Gasteiger partial charge in [0.1, 0.15) is 5.69 Å². The van der Waals surface area contributed by atoms with Crippen molar-refractivity contribution in [3.63, 3.8) is 0 Å². The minimum atomic E-state index is -0.884. The second-order valence-electron chi connectivity index (χ2n) is 3.08. The lowest BCUT2D eigenvalue weighted by molar-refractivity contribution is 0.0987. The summed E-state index contributed by atoms with van der Waals surface area (Å²) < 4.78 is 31.6. The Morgan fingerprint density at radius 2 is 2.00 bits per heavy atom. The van der Waals surface area contributed by atoms with Crippen LogP contribution in [0.5, 0.6) is 0 Å². The van der Waals surface area contributed by atoms with E-state index in [9.17, 15) is 13.6 Å². The summed E-state index contributed by atoms with van der Waals surface area (Å²) in [4.78, 5) is 11.5. The highest BCUT2D eigenvalue weighted by molar-refractivity contribution is 9.10. The molecule has 1 amide bonds. The van der Waals surface area contributed by atoms with Crippen LogP contribution in [0.1, 0.15) is 10.6 Å². The molecule has 0 saturated heterocycles. The first kappa shape index (κ1) is 11.7. The molecule has 1 aromatic carbocycles. The molecule has 0 bridgehead atoms. The van der Waals surface area contributed by atoms with Crippen molar-refractivity contribution in [1.29, 1.82) is 0 Å². The lowest BCUT2D eigenvalue weighted by Gasteiger charge is -2.06. The molecule has 1 N–H and O–H groups in total. The fourth-order valence-corrected chi connectivity index (χ4v) is 1.57. The van der Waals surface area contributed by atoms with Crippen LogP contribution in [0.15, 0.2) is 33.4 Å². The molecule has 0 unspecified atom stereocenters. The number of nitrogens with one attached hydrogen (secondary N) is 1. The van der Waals surface area contributed by atoms with E-state index in [2.05, 4.69) is 30.9 Å². The Kier molecular flexibility index (Phi) is 3.19. The highest BCUT2D eigenvalue weighted by atomic mass is 79.9. The lowest BCUT2D eigenvalue weighted by Crippen LogP contribution is -2.13. The van der Waals surface area contributed by atoms with Crippen LogP contribution in [0, 0.1) is 11.6 Å². The van der Waals surface area contributed by atoms with Gasteiger partial charge in [0.05, 0.1) is 6.20 Å². The molecule has 2 aromatic rings. The second kappa shape index (κ2) is 4.62. The van der Waals surface area contributed by atoms with E-state index in [1.165, 1.54) is 12.3 Å². The van der Waals surface area contributed by atoms with Gasteiger partial charge in [-0.25, -0.2) is 8.78 Å². The normalized spacial score (nSPS) is 10.3. The van der Waals surface area contributed by atoms with E-state index in [0.717, 1.165) is 12.1 Å². The van der Waals surface area contributed by atoms with E-state index in [4.69, 9.17) is 0 Å². The molecule has 7 heteroatoms. The number of hydrogen-bond donors (Lipinski definition) is 1. The van der Waals surface area contributed by atoms with Crippen molar-refractivity contribution in [3.8, 4) is 0 Å². The third-order valence-corrected chi connectivity index (χ3v) is 2.36. The molecule has 2 rings (SSSR count). The smallest absolute Gasteiger partial charge is 0.294 e.